The molecule has 1 aromatic carbocycles. The minimum Gasteiger partial charge on any atom is -0.493 e. The molecule has 1 heterocycles. The molecule has 0 saturated heterocycles. The average Bonchev–Trinajstić information content (AvgIpc) is 3.15. The van der Waals surface area contributed by atoms with Crippen LogP contribution in [0, 0.1) is 17.8 Å². The van der Waals surface area contributed by atoms with Crippen molar-refractivity contribution in [2.75, 3.05) is 13.7 Å². The molecule has 114 valence electrons. The van der Waals surface area contributed by atoms with Gasteiger partial charge in [-0.1, -0.05) is 24.6 Å². The molecule has 21 heavy (non-hydrogen) atoms. The Bertz CT molecular complexity index is 500. The van der Waals surface area contributed by atoms with Crippen LogP contribution in [0.1, 0.15) is 50.0 Å². The normalized spacial score (nSPS) is 35.3. The highest BCUT2D eigenvalue weighted by molar-refractivity contribution is 5.37. The maximum atomic E-state index is 5.82. The molecule has 0 aromatic heterocycles. The number of rotatable bonds is 4. The Kier molecular flexibility index (Phi) is 3.66. The van der Waals surface area contributed by atoms with Gasteiger partial charge in [-0.3, -0.25) is 0 Å². The number of benzene rings is 1. The zero-order valence-corrected chi connectivity index (χ0v) is 13.1. The topological polar surface area (TPSA) is 21.3 Å². The molecule has 0 radical (unpaired) electrons. The van der Waals surface area contributed by atoms with E-state index >= 15 is 0 Å². The molecule has 5 atom stereocenters. The smallest absolute Gasteiger partial charge is 0.122 e. The quantitative estimate of drug-likeness (QED) is 0.904. The Morgan fingerprint density at radius 1 is 1.19 bits per heavy atom. The number of fused-ring (bicyclic) bond motifs is 3. The Labute approximate surface area is 128 Å². The molecule has 1 aliphatic heterocycles. The number of hydrogen-bond acceptors (Lipinski definition) is 2. The van der Waals surface area contributed by atoms with Crippen LogP contribution in [0.25, 0.3) is 0 Å². The summed E-state index contributed by atoms with van der Waals surface area (Å²) in [6, 6.07) is 9.34. The molecule has 2 bridgehead atoms. The Balaban J connectivity index is 1.50. The summed E-state index contributed by atoms with van der Waals surface area (Å²) in [7, 11) is 2.17. The lowest BCUT2D eigenvalue weighted by Crippen LogP contribution is -2.38. The van der Waals surface area contributed by atoms with Crippen molar-refractivity contribution in [3.63, 3.8) is 0 Å². The van der Waals surface area contributed by atoms with E-state index in [-0.39, 0.29) is 0 Å². The van der Waals surface area contributed by atoms with Crippen molar-refractivity contribution < 1.29 is 4.74 Å². The summed E-state index contributed by atoms with van der Waals surface area (Å²) >= 11 is 0. The van der Waals surface area contributed by atoms with E-state index in [0.29, 0.717) is 12.0 Å². The standard InChI is InChI=1S/C19H27NO/c1-20-18(17-11-13-6-7-14(17)10-13)12-15-8-9-21-19-5-3-2-4-16(15)19/h2-5,13-15,17-18,20H,6-12H2,1H3. The minimum absolute atomic E-state index is 0.673. The molecule has 4 rings (SSSR count). The molecule has 1 aromatic rings. The van der Waals surface area contributed by atoms with Gasteiger partial charge in [0.15, 0.2) is 0 Å². The largest absolute Gasteiger partial charge is 0.493 e. The van der Waals surface area contributed by atoms with Crippen molar-refractivity contribution in [2.24, 2.45) is 17.8 Å². The van der Waals surface area contributed by atoms with Gasteiger partial charge < -0.3 is 10.1 Å². The molecule has 2 heteroatoms. The summed E-state index contributed by atoms with van der Waals surface area (Å²) in [6.07, 6.45) is 8.42. The van der Waals surface area contributed by atoms with Crippen LogP contribution in [0.5, 0.6) is 5.75 Å². The molecular weight excluding hydrogens is 258 g/mol. The van der Waals surface area contributed by atoms with E-state index in [4.69, 9.17) is 4.74 Å². The van der Waals surface area contributed by atoms with Crippen LogP contribution in [0.4, 0.5) is 0 Å². The predicted octanol–water partition coefficient (Wildman–Crippen LogP) is 3.97. The maximum Gasteiger partial charge on any atom is 0.122 e. The Hall–Kier alpha value is -1.02. The fourth-order valence-electron chi connectivity index (χ4n) is 5.26. The Morgan fingerprint density at radius 3 is 2.86 bits per heavy atom. The molecule has 0 amide bonds. The zero-order chi connectivity index (χ0) is 14.2. The molecule has 3 aliphatic rings. The number of para-hydroxylation sites is 1. The van der Waals surface area contributed by atoms with E-state index in [1.54, 1.807) is 0 Å². The molecule has 2 saturated carbocycles. The van der Waals surface area contributed by atoms with Gasteiger partial charge in [0.2, 0.25) is 0 Å². The zero-order valence-electron chi connectivity index (χ0n) is 13.1. The summed E-state index contributed by atoms with van der Waals surface area (Å²) in [5.74, 6) is 4.76. The molecule has 2 nitrogen and oxygen atoms in total. The van der Waals surface area contributed by atoms with Crippen molar-refractivity contribution in [3.05, 3.63) is 29.8 Å². The summed E-state index contributed by atoms with van der Waals surface area (Å²) in [4.78, 5) is 0. The minimum atomic E-state index is 0.673. The van der Waals surface area contributed by atoms with Crippen LogP contribution >= 0.6 is 0 Å². The third-order valence-electron chi connectivity index (χ3n) is 6.30. The number of ether oxygens (including phenoxy) is 1. The van der Waals surface area contributed by atoms with Crippen LogP contribution < -0.4 is 10.1 Å². The summed E-state index contributed by atoms with van der Waals surface area (Å²) in [5, 5.41) is 3.67. The van der Waals surface area contributed by atoms with E-state index in [1.807, 2.05) is 0 Å². The average molecular weight is 285 g/mol. The van der Waals surface area contributed by atoms with Crippen molar-refractivity contribution >= 4 is 0 Å². The number of hydrogen-bond donors (Lipinski definition) is 1. The van der Waals surface area contributed by atoms with Crippen LogP contribution in [0.15, 0.2) is 24.3 Å². The van der Waals surface area contributed by atoms with Gasteiger partial charge in [-0.15, -0.1) is 0 Å². The highest BCUT2D eigenvalue weighted by Crippen LogP contribution is 2.51. The monoisotopic (exact) mass is 285 g/mol. The molecule has 2 fully saturated rings. The summed E-state index contributed by atoms with van der Waals surface area (Å²) in [6.45, 7) is 0.884. The van der Waals surface area contributed by atoms with Crippen LogP contribution in [0.2, 0.25) is 0 Å². The third kappa shape index (κ3) is 2.48. The summed E-state index contributed by atoms with van der Waals surface area (Å²) < 4.78 is 5.82. The van der Waals surface area contributed by atoms with Gasteiger partial charge in [0.25, 0.3) is 0 Å². The molecule has 1 N–H and O–H groups in total. The molecular formula is C19H27NO. The van der Waals surface area contributed by atoms with E-state index < -0.39 is 0 Å². The first-order valence-electron chi connectivity index (χ1n) is 8.74. The van der Waals surface area contributed by atoms with Gasteiger partial charge in [-0.2, -0.15) is 0 Å². The van der Waals surface area contributed by atoms with E-state index in [9.17, 15) is 0 Å². The maximum absolute atomic E-state index is 5.82. The van der Waals surface area contributed by atoms with Crippen LogP contribution in [-0.4, -0.2) is 19.7 Å². The molecule has 5 unspecified atom stereocenters. The fourth-order valence-corrected chi connectivity index (χ4v) is 5.26. The Morgan fingerprint density at radius 2 is 2.10 bits per heavy atom. The fraction of sp³-hybridized carbons (Fsp3) is 0.684. The van der Waals surface area contributed by atoms with E-state index in [2.05, 4.69) is 36.6 Å². The second-order valence-electron chi connectivity index (χ2n) is 7.34. The highest BCUT2D eigenvalue weighted by atomic mass is 16.5. The van der Waals surface area contributed by atoms with Gasteiger partial charge >= 0.3 is 0 Å². The first-order chi connectivity index (χ1) is 10.3. The van der Waals surface area contributed by atoms with Crippen molar-refractivity contribution in [1.82, 2.24) is 5.32 Å². The van der Waals surface area contributed by atoms with Crippen molar-refractivity contribution in [1.29, 1.82) is 0 Å². The highest BCUT2D eigenvalue weighted by Gasteiger charge is 2.43. The third-order valence-corrected chi connectivity index (χ3v) is 6.30. The second-order valence-corrected chi connectivity index (χ2v) is 7.34. The SMILES string of the molecule is CNC(CC1CCOc2ccccc21)C1CC2CCC1C2. The van der Waals surface area contributed by atoms with Gasteiger partial charge in [0.05, 0.1) is 6.61 Å². The van der Waals surface area contributed by atoms with Gasteiger partial charge in [-0.25, -0.2) is 0 Å². The van der Waals surface area contributed by atoms with Gasteiger partial charge in [-0.05, 0) is 74.5 Å². The van der Waals surface area contributed by atoms with Crippen LogP contribution in [-0.2, 0) is 0 Å². The van der Waals surface area contributed by atoms with E-state index in [1.165, 1.54) is 44.1 Å². The lowest BCUT2D eigenvalue weighted by atomic mass is 9.77. The lowest BCUT2D eigenvalue weighted by Gasteiger charge is -2.35. The van der Waals surface area contributed by atoms with Crippen LogP contribution in [0.3, 0.4) is 0 Å². The first kappa shape index (κ1) is 13.6. The van der Waals surface area contributed by atoms with Gasteiger partial charge in [0.1, 0.15) is 5.75 Å². The molecule has 2 aliphatic carbocycles. The van der Waals surface area contributed by atoms with Gasteiger partial charge in [0, 0.05) is 6.04 Å². The van der Waals surface area contributed by atoms with E-state index in [0.717, 1.165) is 30.1 Å². The summed E-state index contributed by atoms with van der Waals surface area (Å²) in [5.41, 5.74) is 1.44. The van der Waals surface area contributed by atoms with Crippen molar-refractivity contribution in [2.45, 2.75) is 50.5 Å². The molecule has 0 spiro atoms. The lowest BCUT2D eigenvalue weighted by molar-refractivity contribution is 0.212. The predicted molar refractivity (Wildman–Crippen MR) is 85.7 cm³/mol. The number of nitrogens with one attached hydrogen (secondary N) is 1. The van der Waals surface area contributed by atoms with Crippen molar-refractivity contribution in [3.8, 4) is 5.75 Å². The first-order valence-corrected chi connectivity index (χ1v) is 8.74. The second kappa shape index (κ2) is 5.64.